The highest BCUT2D eigenvalue weighted by Crippen LogP contribution is 2.30. The number of methoxy groups -OCH3 is 2. The number of aromatic nitrogens is 1. The van der Waals surface area contributed by atoms with Crippen LogP contribution < -0.4 is 14.8 Å². The lowest BCUT2D eigenvalue weighted by molar-refractivity contribution is 0.0710. The fraction of sp³-hybridized carbons (Fsp3) is 0.400. The molecule has 0 radical (unpaired) electrons. The van der Waals surface area contributed by atoms with Crippen molar-refractivity contribution >= 4 is 23.4 Å². The predicted molar refractivity (Wildman–Crippen MR) is 108 cm³/mol. The molecule has 1 aromatic carbocycles. The van der Waals surface area contributed by atoms with E-state index in [9.17, 15) is 4.79 Å². The summed E-state index contributed by atoms with van der Waals surface area (Å²) in [4.78, 5) is 19.2. The fourth-order valence-corrected chi connectivity index (χ4v) is 3.87. The van der Waals surface area contributed by atoms with Gasteiger partial charge in [-0.3, -0.25) is 4.79 Å². The van der Waals surface area contributed by atoms with Crippen molar-refractivity contribution in [1.29, 1.82) is 0 Å². The van der Waals surface area contributed by atoms with Crippen LogP contribution in [0.3, 0.4) is 0 Å². The van der Waals surface area contributed by atoms with E-state index in [0.717, 1.165) is 30.1 Å². The highest BCUT2D eigenvalue weighted by molar-refractivity contribution is 7.98. The van der Waals surface area contributed by atoms with E-state index in [2.05, 4.69) is 10.3 Å². The number of nitrogens with zero attached hydrogens (tertiary/aromatic N) is 2. The van der Waals surface area contributed by atoms with Crippen LogP contribution in [-0.4, -0.2) is 55.4 Å². The molecule has 2 heterocycles. The van der Waals surface area contributed by atoms with E-state index < -0.39 is 0 Å². The predicted octanol–water partition coefficient (Wildman–Crippen LogP) is 3.54. The minimum absolute atomic E-state index is 0.0475. The molecule has 1 saturated heterocycles. The highest BCUT2D eigenvalue weighted by Gasteiger charge is 2.26. The first kappa shape index (κ1) is 19.4. The van der Waals surface area contributed by atoms with Crippen LogP contribution in [0.1, 0.15) is 23.2 Å². The van der Waals surface area contributed by atoms with E-state index in [1.54, 1.807) is 20.4 Å². The first-order chi connectivity index (χ1) is 13.2. The van der Waals surface area contributed by atoms with Crippen LogP contribution in [0.25, 0.3) is 0 Å². The molecule has 0 aliphatic carbocycles. The molecule has 1 N–H and O–H groups in total. The van der Waals surface area contributed by atoms with Crippen LogP contribution in [0.5, 0.6) is 11.5 Å². The molecule has 1 aliphatic rings. The Balaban J connectivity index is 1.70. The van der Waals surface area contributed by atoms with Crippen molar-refractivity contribution < 1.29 is 14.3 Å². The Bertz CT molecular complexity index is 800. The number of carbonyl (C=O) groups is 1. The van der Waals surface area contributed by atoms with Crippen molar-refractivity contribution in [2.45, 2.75) is 23.9 Å². The number of likely N-dealkylation sites (tertiary alicyclic amines) is 1. The lowest BCUT2D eigenvalue weighted by Gasteiger charge is -2.34. The quantitative estimate of drug-likeness (QED) is 0.765. The van der Waals surface area contributed by atoms with Crippen molar-refractivity contribution in [3.05, 3.63) is 42.1 Å². The zero-order valence-corrected chi connectivity index (χ0v) is 16.7. The van der Waals surface area contributed by atoms with Crippen LogP contribution in [0.15, 0.2) is 41.6 Å². The second-order valence-electron chi connectivity index (χ2n) is 6.36. The van der Waals surface area contributed by atoms with Gasteiger partial charge in [-0.25, -0.2) is 4.98 Å². The Morgan fingerprint density at radius 1 is 1.26 bits per heavy atom. The van der Waals surface area contributed by atoms with Gasteiger partial charge in [-0.05, 0) is 43.4 Å². The maximum atomic E-state index is 13.0. The average Bonchev–Trinajstić information content (AvgIpc) is 2.73. The van der Waals surface area contributed by atoms with Crippen LogP contribution in [0, 0.1) is 0 Å². The van der Waals surface area contributed by atoms with Gasteiger partial charge in [0.25, 0.3) is 5.91 Å². The molecule has 1 fully saturated rings. The molecule has 3 rings (SSSR count). The Kier molecular flexibility index (Phi) is 6.45. The smallest absolute Gasteiger partial charge is 0.256 e. The molecule has 7 heteroatoms. The van der Waals surface area contributed by atoms with Crippen LogP contribution >= 0.6 is 11.8 Å². The molecule has 144 valence electrons. The van der Waals surface area contributed by atoms with Crippen LogP contribution in [0.2, 0.25) is 0 Å². The minimum Gasteiger partial charge on any atom is -0.493 e. The molecule has 0 saturated carbocycles. The lowest BCUT2D eigenvalue weighted by atomic mass is 10.0. The van der Waals surface area contributed by atoms with E-state index in [-0.39, 0.29) is 11.9 Å². The maximum Gasteiger partial charge on any atom is 0.256 e. The van der Waals surface area contributed by atoms with Crippen molar-refractivity contribution in [3.63, 3.8) is 0 Å². The number of pyridine rings is 1. The number of piperidine rings is 1. The fourth-order valence-electron chi connectivity index (χ4n) is 3.33. The number of hydrogen-bond acceptors (Lipinski definition) is 6. The summed E-state index contributed by atoms with van der Waals surface area (Å²) >= 11 is 1.50. The van der Waals surface area contributed by atoms with Crippen molar-refractivity contribution in [2.75, 3.05) is 38.9 Å². The van der Waals surface area contributed by atoms with E-state index >= 15 is 0 Å². The molecular formula is C20H25N3O3S. The van der Waals surface area contributed by atoms with Gasteiger partial charge in [0.1, 0.15) is 5.03 Å². The van der Waals surface area contributed by atoms with Crippen LogP contribution in [0.4, 0.5) is 5.69 Å². The van der Waals surface area contributed by atoms with Gasteiger partial charge in [0.05, 0.1) is 19.8 Å². The first-order valence-electron chi connectivity index (χ1n) is 8.93. The van der Waals surface area contributed by atoms with E-state index in [1.807, 2.05) is 41.5 Å². The molecule has 1 aliphatic heterocycles. The summed E-state index contributed by atoms with van der Waals surface area (Å²) in [5, 5.41) is 4.30. The standard InChI is InChI=1S/C20H25N3O3S/c1-25-17-9-8-14(12-18(17)26-2)22-15-6-5-11-23(13-15)20(24)16-7-4-10-21-19(16)27-3/h4,7-10,12,15,22H,5-6,11,13H2,1-3H3/t15-/m1/s1. The number of ether oxygens (including phenoxy) is 2. The number of benzene rings is 1. The normalized spacial score (nSPS) is 16.7. The van der Waals surface area contributed by atoms with Crippen LogP contribution in [-0.2, 0) is 0 Å². The third kappa shape index (κ3) is 4.47. The van der Waals surface area contributed by atoms with Gasteiger partial charge in [0, 0.05) is 37.1 Å². The minimum atomic E-state index is 0.0475. The van der Waals surface area contributed by atoms with Crippen molar-refractivity contribution in [3.8, 4) is 11.5 Å². The summed E-state index contributed by atoms with van der Waals surface area (Å²) in [5.74, 6) is 1.43. The largest absolute Gasteiger partial charge is 0.493 e. The number of anilines is 1. The third-order valence-corrected chi connectivity index (χ3v) is 5.37. The van der Waals surface area contributed by atoms with Gasteiger partial charge < -0.3 is 19.7 Å². The molecule has 1 atom stereocenters. The van der Waals surface area contributed by atoms with Gasteiger partial charge in [0.2, 0.25) is 0 Å². The summed E-state index contributed by atoms with van der Waals surface area (Å²) in [6.07, 6.45) is 5.64. The second kappa shape index (κ2) is 8.99. The van der Waals surface area contributed by atoms with Crippen molar-refractivity contribution in [1.82, 2.24) is 9.88 Å². The van der Waals surface area contributed by atoms with Crippen molar-refractivity contribution in [2.24, 2.45) is 0 Å². The second-order valence-corrected chi connectivity index (χ2v) is 7.16. The third-order valence-electron chi connectivity index (χ3n) is 4.66. The molecule has 6 nitrogen and oxygen atoms in total. The zero-order valence-electron chi connectivity index (χ0n) is 15.9. The van der Waals surface area contributed by atoms with E-state index in [1.165, 1.54) is 11.8 Å². The van der Waals surface area contributed by atoms with Gasteiger partial charge in [-0.15, -0.1) is 11.8 Å². The van der Waals surface area contributed by atoms with Gasteiger partial charge in [0.15, 0.2) is 11.5 Å². The Labute approximate surface area is 164 Å². The summed E-state index contributed by atoms with van der Waals surface area (Å²) in [7, 11) is 3.25. The van der Waals surface area contributed by atoms with E-state index in [4.69, 9.17) is 9.47 Å². The Morgan fingerprint density at radius 2 is 2.07 bits per heavy atom. The topological polar surface area (TPSA) is 63.7 Å². The number of hydrogen-bond donors (Lipinski definition) is 1. The summed E-state index contributed by atoms with van der Waals surface area (Å²) in [6.45, 7) is 1.43. The summed E-state index contributed by atoms with van der Waals surface area (Å²) < 4.78 is 10.7. The Morgan fingerprint density at radius 3 is 2.81 bits per heavy atom. The zero-order chi connectivity index (χ0) is 19.2. The molecule has 0 spiro atoms. The molecular weight excluding hydrogens is 362 g/mol. The molecule has 2 aromatic rings. The number of nitrogens with one attached hydrogen (secondary N) is 1. The van der Waals surface area contributed by atoms with Gasteiger partial charge in [-0.1, -0.05) is 0 Å². The molecule has 1 amide bonds. The van der Waals surface area contributed by atoms with Gasteiger partial charge in [-0.2, -0.15) is 0 Å². The molecule has 27 heavy (non-hydrogen) atoms. The van der Waals surface area contributed by atoms with Gasteiger partial charge >= 0.3 is 0 Å². The first-order valence-corrected chi connectivity index (χ1v) is 10.2. The summed E-state index contributed by atoms with van der Waals surface area (Å²) in [6, 6.07) is 9.63. The number of carbonyl (C=O) groups excluding carboxylic acids is 1. The number of rotatable bonds is 6. The molecule has 1 aromatic heterocycles. The monoisotopic (exact) mass is 387 g/mol. The summed E-state index contributed by atoms with van der Waals surface area (Å²) in [5.41, 5.74) is 1.63. The maximum absolute atomic E-state index is 13.0. The molecule has 0 unspecified atom stereocenters. The molecule has 0 bridgehead atoms. The SMILES string of the molecule is COc1ccc(N[C@@H]2CCCN(C(=O)c3cccnc3SC)C2)cc1OC. The number of thioether (sulfide) groups is 1. The highest BCUT2D eigenvalue weighted by atomic mass is 32.2. The average molecular weight is 388 g/mol. The number of amides is 1. The lowest BCUT2D eigenvalue weighted by Crippen LogP contribution is -2.45. The Hall–Kier alpha value is -2.41. The van der Waals surface area contributed by atoms with E-state index in [0.29, 0.717) is 23.6 Å².